The Bertz CT molecular complexity index is 783. The second kappa shape index (κ2) is 5.28. The van der Waals surface area contributed by atoms with Gasteiger partial charge in [-0.1, -0.05) is 17.7 Å². The fraction of sp³-hybridized carbons (Fsp3) is 0.588. The molecule has 1 N–H and O–H groups in total. The minimum Gasteiger partial charge on any atom is -0.348 e. The number of methoxy groups -OCH3 is 2. The van der Waals surface area contributed by atoms with Gasteiger partial charge in [0.2, 0.25) is 5.79 Å². The van der Waals surface area contributed by atoms with Crippen LogP contribution in [0.3, 0.4) is 0 Å². The molecule has 3 saturated carbocycles. The lowest BCUT2D eigenvalue weighted by Crippen LogP contribution is -2.49. The quantitative estimate of drug-likeness (QED) is 0.650. The molecule has 3 fully saturated rings. The molecule has 7 heteroatoms. The second-order valence-corrected chi connectivity index (χ2v) is 8.65. The van der Waals surface area contributed by atoms with Gasteiger partial charge in [-0.2, -0.15) is 18.4 Å². The molecular formula is C17H22N2O4S. The largest absolute Gasteiger partial charge is 0.348 e. The average molecular weight is 350 g/mol. The summed E-state index contributed by atoms with van der Waals surface area (Å²) in [4.78, 5) is 2.58. The second-order valence-electron chi connectivity index (χ2n) is 6.99. The Labute approximate surface area is 142 Å². The van der Waals surface area contributed by atoms with Gasteiger partial charge in [0.15, 0.2) is 0 Å². The van der Waals surface area contributed by atoms with Crippen LogP contribution in [0, 0.1) is 30.6 Å². The van der Waals surface area contributed by atoms with Crippen molar-refractivity contribution in [1.29, 1.82) is 0 Å². The standard InChI is InChI=1S/C17H22N2O4S/c1-10-4-6-11(7-5-10)24(20,21)19-18-16-14-9-15(13-8-12(13)14)17(16,22-2)23-3/h4-7,12-15,19H,8-9H2,1-3H3/b18-16-/t12-,13-,14-,15+/m0/s1. The van der Waals surface area contributed by atoms with E-state index in [0.29, 0.717) is 17.5 Å². The summed E-state index contributed by atoms with van der Waals surface area (Å²) in [6.07, 6.45) is 2.12. The molecule has 0 radical (unpaired) electrons. The Morgan fingerprint density at radius 3 is 2.42 bits per heavy atom. The van der Waals surface area contributed by atoms with Crippen LogP contribution in [-0.2, 0) is 19.5 Å². The van der Waals surface area contributed by atoms with Gasteiger partial charge >= 0.3 is 0 Å². The van der Waals surface area contributed by atoms with Crippen LogP contribution in [-0.4, -0.2) is 34.1 Å². The third-order valence-corrected chi connectivity index (χ3v) is 7.08. The number of nitrogens with zero attached hydrogens (tertiary/aromatic N) is 1. The molecule has 130 valence electrons. The minimum atomic E-state index is -3.70. The fourth-order valence-electron chi connectivity index (χ4n) is 4.62. The molecule has 0 saturated heterocycles. The summed E-state index contributed by atoms with van der Waals surface area (Å²) >= 11 is 0. The third kappa shape index (κ3) is 2.14. The van der Waals surface area contributed by atoms with Crippen LogP contribution in [0.25, 0.3) is 0 Å². The summed E-state index contributed by atoms with van der Waals surface area (Å²) in [5.41, 5.74) is 1.69. The van der Waals surface area contributed by atoms with E-state index in [0.717, 1.165) is 18.4 Å². The van der Waals surface area contributed by atoms with Gasteiger partial charge in [-0.25, -0.2) is 0 Å². The first-order valence-electron chi connectivity index (χ1n) is 8.20. The Kier molecular flexibility index (Phi) is 3.53. The maximum atomic E-state index is 12.5. The zero-order valence-corrected chi connectivity index (χ0v) is 14.8. The summed E-state index contributed by atoms with van der Waals surface area (Å²) in [6.45, 7) is 1.91. The molecule has 0 spiro atoms. The molecule has 4 atom stereocenters. The normalized spacial score (nSPS) is 34.4. The maximum absolute atomic E-state index is 12.5. The van der Waals surface area contributed by atoms with Crippen molar-refractivity contribution in [1.82, 2.24) is 4.83 Å². The van der Waals surface area contributed by atoms with E-state index >= 15 is 0 Å². The molecular weight excluding hydrogens is 328 g/mol. The molecule has 0 amide bonds. The third-order valence-electron chi connectivity index (χ3n) is 5.85. The number of hydrogen-bond acceptors (Lipinski definition) is 5. The Hall–Kier alpha value is -1.44. The highest BCUT2D eigenvalue weighted by atomic mass is 32.2. The fourth-order valence-corrected chi connectivity index (χ4v) is 5.44. The lowest BCUT2D eigenvalue weighted by atomic mass is 9.92. The number of hydrogen-bond donors (Lipinski definition) is 1. The van der Waals surface area contributed by atoms with E-state index in [-0.39, 0.29) is 16.7 Å². The van der Waals surface area contributed by atoms with Crippen molar-refractivity contribution in [2.75, 3.05) is 14.2 Å². The van der Waals surface area contributed by atoms with Gasteiger partial charge in [0, 0.05) is 26.1 Å². The molecule has 0 heterocycles. The maximum Gasteiger partial charge on any atom is 0.276 e. The van der Waals surface area contributed by atoms with Crippen molar-refractivity contribution in [2.24, 2.45) is 28.8 Å². The van der Waals surface area contributed by atoms with Gasteiger partial charge in [0.05, 0.1) is 4.90 Å². The summed E-state index contributed by atoms with van der Waals surface area (Å²) in [7, 11) is -0.495. The first kappa shape index (κ1) is 16.1. The van der Waals surface area contributed by atoms with Crippen LogP contribution in [0.4, 0.5) is 0 Å². The molecule has 1 aromatic carbocycles. The van der Waals surface area contributed by atoms with Gasteiger partial charge in [-0.15, -0.1) is 0 Å². The number of rotatable bonds is 5. The molecule has 0 aliphatic heterocycles. The van der Waals surface area contributed by atoms with Crippen LogP contribution in [0.5, 0.6) is 0 Å². The van der Waals surface area contributed by atoms with Crippen molar-refractivity contribution in [3.8, 4) is 0 Å². The zero-order chi connectivity index (χ0) is 17.1. The monoisotopic (exact) mass is 350 g/mol. The zero-order valence-electron chi connectivity index (χ0n) is 14.0. The number of fused-ring (bicyclic) bond motifs is 5. The van der Waals surface area contributed by atoms with Gasteiger partial charge in [0.1, 0.15) is 5.71 Å². The van der Waals surface area contributed by atoms with Crippen LogP contribution in [0.1, 0.15) is 18.4 Å². The lowest BCUT2D eigenvalue weighted by molar-refractivity contribution is -0.186. The number of hydrazone groups is 1. The summed E-state index contributed by atoms with van der Waals surface area (Å²) in [5.74, 6) is 0.863. The summed E-state index contributed by atoms with van der Waals surface area (Å²) < 4.78 is 36.4. The number of ether oxygens (including phenoxy) is 2. The predicted molar refractivity (Wildman–Crippen MR) is 88.9 cm³/mol. The Morgan fingerprint density at radius 2 is 1.79 bits per heavy atom. The summed E-state index contributed by atoms with van der Waals surface area (Å²) in [6, 6.07) is 6.69. The number of nitrogens with one attached hydrogen (secondary N) is 1. The van der Waals surface area contributed by atoms with Gasteiger partial charge in [-0.05, 0) is 43.7 Å². The van der Waals surface area contributed by atoms with Gasteiger partial charge in [-0.3, -0.25) is 0 Å². The van der Waals surface area contributed by atoms with Crippen LogP contribution < -0.4 is 4.83 Å². The summed E-state index contributed by atoms with van der Waals surface area (Å²) in [5, 5.41) is 4.28. The highest BCUT2D eigenvalue weighted by Crippen LogP contribution is 2.68. The molecule has 0 unspecified atom stereocenters. The van der Waals surface area contributed by atoms with Crippen LogP contribution >= 0.6 is 0 Å². The minimum absolute atomic E-state index is 0.199. The van der Waals surface area contributed by atoms with Crippen molar-refractivity contribution < 1.29 is 17.9 Å². The van der Waals surface area contributed by atoms with E-state index in [1.54, 1.807) is 38.5 Å². The van der Waals surface area contributed by atoms with E-state index < -0.39 is 15.8 Å². The Balaban J connectivity index is 1.64. The first-order valence-corrected chi connectivity index (χ1v) is 9.68. The highest BCUT2D eigenvalue weighted by Gasteiger charge is 2.71. The molecule has 0 aromatic heterocycles. The molecule has 24 heavy (non-hydrogen) atoms. The molecule has 3 aliphatic carbocycles. The lowest BCUT2D eigenvalue weighted by Gasteiger charge is -2.35. The molecule has 1 aromatic rings. The van der Waals surface area contributed by atoms with E-state index in [1.807, 2.05) is 6.92 Å². The Morgan fingerprint density at radius 1 is 1.12 bits per heavy atom. The number of sulfonamides is 1. The van der Waals surface area contributed by atoms with Crippen molar-refractivity contribution in [3.63, 3.8) is 0 Å². The van der Waals surface area contributed by atoms with E-state index in [4.69, 9.17) is 9.47 Å². The van der Waals surface area contributed by atoms with Crippen molar-refractivity contribution >= 4 is 15.7 Å². The van der Waals surface area contributed by atoms with Crippen LogP contribution in [0.15, 0.2) is 34.3 Å². The number of aryl methyl sites for hydroxylation is 1. The van der Waals surface area contributed by atoms with E-state index in [9.17, 15) is 8.42 Å². The topological polar surface area (TPSA) is 77.0 Å². The van der Waals surface area contributed by atoms with Gasteiger partial charge < -0.3 is 9.47 Å². The van der Waals surface area contributed by atoms with E-state index in [1.165, 1.54) is 0 Å². The SMILES string of the molecule is COC1(OC)/C(=N\NS(=O)(=O)c2ccc(C)cc2)[C@H]2C[C@@H]1[C@H]1C[C@@H]12. The van der Waals surface area contributed by atoms with Crippen molar-refractivity contribution in [2.45, 2.75) is 30.4 Å². The molecule has 3 aliphatic rings. The average Bonchev–Trinajstić information content (AvgIpc) is 3.21. The van der Waals surface area contributed by atoms with Crippen molar-refractivity contribution in [3.05, 3.63) is 29.8 Å². The van der Waals surface area contributed by atoms with Gasteiger partial charge in [0.25, 0.3) is 10.0 Å². The smallest absolute Gasteiger partial charge is 0.276 e. The van der Waals surface area contributed by atoms with Crippen LogP contribution in [0.2, 0.25) is 0 Å². The predicted octanol–water partition coefficient (Wildman–Crippen LogP) is 1.90. The number of benzene rings is 1. The van der Waals surface area contributed by atoms with E-state index in [2.05, 4.69) is 9.93 Å². The first-order chi connectivity index (χ1) is 11.4. The molecule has 6 nitrogen and oxygen atoms in total. The highest BCUT2D eigenvalue weighted by molar-refractivity contribution is 7.89. The molecule has 2 bridgehead atoms. The molecule has 4 rings (SSSR count).